The molecule has 1 aliphatic heterocycles. The van der Waals surface area contributed by atoms with Crippen molar-refractivity contribution in [2.24, 2.45) is 4.99 Å². The molecule has 1 aliphatic rings. The highest BCUT2D eigenvalue weighted by Gasteiger charge is 2.16. The molecule has 0 aromatic heterocycles. The average Bonchev–Trinajstić information content (AvgIpc) is 2.69. The number of benzene rings is 1. The van der Waals surface area contributed by atoms with Crippen LogP contribution in [0.25, 0.3) is 0 Å². The number of rotatable bonds is 10. The van der Waals surface area contributed by atoms with E-state index < -0.39 is 0 Å². The molecule has 0 amide bonds. The largest absolute Gasteiger partial charge is 0.385 e. The molecular formula is C20H36IN5O. The first-order chi connectivity index (χ1) is 12.8. The molecule has 1 fully saturated rings. The summed E-state index contributed by atoms with van der Waals surface area (Å²) in [4.78, 5) is 9.37. The number of methoxy groups -OCH3 is 1. The van der Waals surface area contributed by atoms with Gasteiger partial charge in [0.2, 0.25) is 0 Å². The van der Waals surface area contributed by atoms with Crippen molar-refractivity contribution in [1.82, 2.24) is 20.4 Å². The summed E-state index contributed by atoms with van der Waals surface area (Å²) in [5.41, 5.74) is 1.41. The van der Waals surface area contributed by atoms with E-state index in [1.165, 1.54) is 5.56 Å². The SMILES string of the molecule is CN=C(NCCCOC)NCCCN1CCN(Cc2ccccc2)CC1.I. The van der Waals surface area contributed by atoms with Crippen LogP contribution in [0, 0.1) is 0 Å². The van der Waals surface area contributed by atoms with Crippen molar-refractivity contribution in [1.29, 1.82) is 0 Å². The molecule has 6 nitrogen and oxygen atoms in total. The molecular weight excluding hydrogens is 453 g/mol. The summed E-state index contributed by atoms with van der Waals surface area (Å²) >= 11 is 0. The Balaban J connectivity index is 0.00000364. The molecule has 1 saturated heterocycles. The summed E-state index contributed by atoms with van der Waals surface area (Å²) in [5, 5.41) is 6.70. The normalized spacial score (nSPS) is 16.0. The number of halogens is 1. The fourth-order valence-corrected chi connectivity index (χ4v) is 3.17. The zero-order valence-electron chi connectivity index (χ0n) is 16.8. The number of aliphatic imine (C=N–C) groups is 1. The second-order valence-electron chi connectivity index (χ2n) is 6.73. The maximum atomic E-state index is 5.05. The first kappa shape index (κ1) is 24.1. The molecule has 154 valence electrons. The predicted octanol–water partition coefficient (Wildman–Crippen LogP) is 2.01. The number of piperazine rings is 1. The van der Waals surface area contributed by atoms with Crippen LogP contribution >= 0.6 is 24.0 Å². The van der Waals surface area contributed by atoms with E-state index in [1.807, 2.05) is 7.05 Å². The first-order valence-corrected chi connectivity index (χ1v) is 9.74. The third-order valence-electron chi connectivity index (χ3n) is 4.70. The quantitative estimate of drug-likeness (QED) is 0.228. The van der Waals surface area contributed by atoms with Gasteiger partial charge >= 0.3 is 0 Å². The number of ether oxygens (including phenoxy) is 1. The lowest BCUT2D eigenvalue weighted by atomic mass is 10.2. The van der Waals surface area contributed by atoms with E-state index in [0.717, 1.165) is 77.8 Å². The minimum atomic E-state index is 0. The average molecular weight is 489 g/mol. The van der Waals surface area contributed by atoms with Gasteiger partial charge in [-0.3, -0.25) is 9.89 Å². The first-order valence-electron chi connectivity index (χ1n) is 9.74. The lowest BCUT2D eigenvalue weighted by Gasteiger charge is -2.34. The van der Waals surface area contributed by atoms with Crippen LogP contribution in [0.4, 0.5) is 0 Å². The number of hydrogen-bond acceptors (Lipinski definition) is 4. The highest BCUT2D eigenvalue weighted by Crippen LogP contribution is 2.08. The molecule has 7 heteroatoms. The molecule has 0 saturated carbocycles. The fourth-order valence-electron chi connectivity index (χ4n) is 3.17. The molecule has 0 unspecified atom stereocenters. The van der Waals surface area contributed by atoms with Crippen molar-refractivity contribution in [3.05, 3.63) is 35.9 Å². The van der Waals surface area contributed by atoms with Gasteiger partial charge in [0.25, 0.3) is 0 Å². The lowest BCUT2D eigenvalue weighted by Crippen LogP contribution is -2.46. The van der Waals surface area contributed by atoms with Crippen LogP contribution in [0.3, 0.4) is 0 Å². The number of nitrogens with one attached hydrogen (secondary N) is 2. The van der Waals surface area contributed by atoms with E-state index in [-0.39, 0.29) is 24.0 Å². The Bertz CT molecular complexity index is 506. The van der Waals surface area contributed by atoms with Crippen LogP contribution in [0.2, 0.25) is 0 Å². The van der Waals surface area contributed by atoms with Crippen molar-refractivity contribution in [2.75, 3.05) is 66.6 Å². The van der Waals surface area contributed by atoms with Gasteiger partial charge in [-0.2, -0.15) is 0 Å². The van der Waals surface area contributed by atoms with Gasteiger partial charge in [0.15, 0.2) is 5.96 Å². The van der Waals surface area contributed by atoms with E-state index in [9.17, 15) is 0 Å². The van der Waals surface area contributed by atoms with E-state index in [0.29, 0.717) is 0 Å². The second kappa shape index (κ2) is 15.1. The molecule has 0 atom stereocenters. The van der Waals surface area contributed by atoms with E-state index in [4.69, 9.17) is 4.74 Å². The summed E-state index contributed by atoms with van der Waals surface area (Å²) in [7, 11) is 3.55. The monoisotopic (exact) mass is 489 g/mol. The molecule has 0 bridgehead atoms. The molecule has 27 heavy (non-hydrogen) atoms. The van der Waals surface area contributed by atoms with Crippen molar-refractivity contribution in [3.8, 4) is 0 Å². The Hall–Kier alpha value is -0.900. The highest BCUT2D eigenvalue weighted by atomic mass is 127. The Labute approximate surface area is 181 Å². The Morgan fingerprint density at radius 1 is 1.00 bits per heavy atom. The summed E-state index contributed by atoms with van der Waals surface area (Å²) < 4.78 is 5.05. The Morgan fingerprint density at radius 3 is 2.26 bits per heavy atom. The van der Waals surface area contributed by atoms with E-state index >= 15 is 0 Å². The Morgan fingerprint density at radius 2 is 1.63 bits per heavy atom. The molecule has 2 N–H and O–H groups in total. The highest BCUT2D eigenvalue weighted by molar-refractivity contribution is 14.0. The summed E-state index contributed by atoms with van der Waals surface area (Å²) in [5.74, 6) is 0.883. The summed E-state index contributed by atoms with van der Waals surface area (Å²) in [6.07, 6.45) is 2.13. The van der Waals surface area contributed by atoms with Gasteiger partial charge < -0.3 is 20.3 Å². The molecule has 0 radical (unpaired) electrons. The maximum Gasteiger partial charge on any atom is 0.190 e. The van der Waals surface area contributed by atoms with Crippen LogP contribution in [0.1, 0.15) is 18.4 Å². The van der Waals surface area contributed by atoms with Crippen LogP contribution in [0.5, 0.6) is 0 Å². The molecule has 0 aliphatic carbocycles. The predicted molar refractivity (Wildman–Crippen MR) is 124 cm³/mol. The van der Waals surface area contributed by atoms with Gasteiger partial charge in [0, 0.05) is 66.6 Å². The fraction of sp³-hybridized carbons (Fsp3) is 0.650. The lowest BCUT2D eigenvalue weighted by molar-refractivity contribution is 0.126. The minimum Gasteiger partial charge on any atom is -0.385 e. The zero-order chi connectivity index (χ0) is 18.5. The van der Waals surface area contributed by atoms with E-state index in [2.05, 4.69) is 55.8 Å². The van der Waals surface area contributed by atoms with Crippen molar-refractivity contribution < 1.29 is 4.74 Å². The maximum absolute atomic E-state index is 5.05. The van der Waals surface area contributed by atoms with Gasteiger partial charge in [-0.25, -0.2) is 0 Å². The summed E-state index contributed by atoms with van der Waals surface area (Å²) in [6, 6.07) is 10.8. The number of hydrogen-bond donors (Lipinski definition) is 2. The van der Waals surface area contributed by atoms with Gasteiger partial charge in [0.05, 0.1) is 0 Å². The molecule has 1 aromatic carbocycles. The van der Waals surface area contributed by atoms with Crippen LogP contribution in [-0.2, 0) is 11.3 Å². The zero-order valence-corrected chi connectivity index (χ0v) is 19.2. The van der Waals surface area contributed by atoms with Crippen molar-refractivity contribution in [2.45, 2.75) is 19.4 Å². The topological polar surface area (TPSA) is 52.1 Å². The number of nitrogens with zero attached hydrogens (tertiary/aromatic N) is 3. The summed E-state index contributed by atoms with van der Waals surface area (Å²) in [6.45, 7) is 9.48. The van der Waals surface area contributed by atoms with Crippen molar-refractivity contribution >= 4 is 29.9 Å². The molecule has 0 spiro atoms. The standard InChI is InChI=1S/C20H35N5O.HI/c1-21-20(23-11-7-17-26-2)22-10-6-12-24-13-15-25(16-14-24)18-19-8-4-3-5-9-19;/h3-5,8-9H,6-7,10-18H2,1-2H3,(H2,21,22,23);1H. The number of guanidine groups is 1. The third-order valence-corrected chi connectivity index (χ3v) is 4.70. The van der Waals surface area contributed by atoms with Gasteiger partial charge in [-0.15, -0.1) is 24.0 Å². The van der Waals surface area contributed by atoms with Crippen molar-refractivity contribution in [3.63, 3.8) is 0 Å². The molecule has 1 aromatic rings. The van der Waals surface area contributed by atoms with Crippen LogP contribution in [0.15, 0.2) is 35.3 Å². The minimum absolute atomic E-state index is 0. The smallest absolute Gasteiger partial charge is 0.190 e. The van der Waals surface area contributed by atoms with Gasteiger partial charge in [-0.05, 0) is 24.9 Å². The van der Waals surface area contributed by atoms with Gasteiger partial charge in [-0.1, -0.05) is 30.3 Å². The van der Waals surface area contributed by atoms with Crippen LogP contribution in [-0.4, -0.2) is 82.3 Å². The molecule has 2 rings (SSSR count). The van der Waals surface area contributed by atoms with Gasteiger partial charge in [0.1, 0.15) is 0 Å². The molecule has 1 heterocycles. The van der Waals surface area contributed by atoms with E-state index in [1.54, 1.807) is 7.11 Å². The Kier molecular flexibility index (Phi) is 13.5. The third kappa shape index (κ3) is 10.3. The van der Waals surface area contributed by atoms with Crippen LogP contribution < -0.4 is 10.6 Å². The second-order valence-corrected chi connectivity index (χ2v) is 6.73.